The molecule has 0 bridgehead atoms. The van der Waals surface area contributed by atoms with Crippen molar-refractivity contribution in [2.45, 2.75) is 254 Å². The first-order chi connectivity index (χ1) is 64.7. The second-order valence-electron chi connectivity index (χ2n) is 32.0. The summed E-state index contributed by atoms with van der Waals surface area (Å²) in [6.07, 6.45) is 26.4. The van der Waals surface area contributed by atoms with Crippen LogP contribution in [0.4, 0.5) is 22.0 Å². The van der Waals surface area contributed by atoms with E-state index in [1.807, 2.05) is 68.4 Å². The number of aliphatic hydroxyl groups excluding tert-OH is 1. The van der Waals surface area contributed by atoms with Crippen molar-refractivity contribution in [3.8, 4) is 28.7 Å². The van der Waals surface area contributed by atoms with Gasteiger partial charge in [-0.1, -0.05) is 239 Å². The molecule has 0 amide bonds. The molecule has 0 aromatic heterocycles. The van der Waals surface area contributed by atoms with Crippen molar-refractivity contribution >= 4 is 52.9 Å². The molecule has 0 saturated carbocycles. The maximum Gasteiger partial charge on any atom is 2.00 e. The number of ether oxygens (including phenoxy) is 10. The van der Waals surface area contributed by atoms with E-state index in [1.54, 1.807) is 70.3 Å². The van der Waals surface area contributed by atoms with Crippen LogP contribution in [-0.2, 0) is 92.7 Å². The Kier molecular flexibility index (Phi) is 63.3. The number of aliphatic hydroxyl groups is 1. The Labute approximate surface area is 832 Å². The number of methoxy groups -OCH3 is 2. The number of unbranched alkanes of at least 4 members (excludes halogenated alkanes) is 10. The van der Waals surface area contributed by atoms with E-state index in [4.69, 9.17) is 47.4 Å². The summed E-state index contributed by atoms with van der Waals surface area (Å²) in [5, 5.41) is 20.0. The van der Waals surface area contributed by atoms with Crippen molar-refractivity contribution in [1.82, 2.24) is 0 Å². The Balaban J connectivity index is 0.000000424. The first-order valence-corrected chi connectivity index (χ1v) is 48.0. The number of rotatable bonds is 49. The first-order valence-electron chi connectivity index (χ1n) is 47.2. The Morgan fingerprint density at radius 3 is 1.16 bits per heavy atom. The number of alkyl halides is 1. The van der Waals surface area contributed by atoms with Crippen molar-refractivity contribution in [1.29, 1.82) is 0 Å². The molecule has 0 spiro atoms. The largest absolute Gasteiger partial charge is 2.00 e. The van der Waals surface area contributed by atoms with Gasteiger partial charge in [-0.25, -0.2) is 31.5 Å². The van der Waals surface area contributed by atoms with Crippen LogP contribution < -0.4 is 40.7 Å². The summed E-state index contributed by atoms with van der Waals surface area (Å²) in [5.41, 5.74) is 13.3. The van der Waals surface area contributed by atoms with E-state index in [0.29, 0.717) is 62.4 Å². The van der Waals surface area contributed by atoms with Gasteiger partial charge in [-0.15, -0.1) is 11.6 Å². The third-order valence-corrected chi connectivity index (χ3v) is 21.8. The first kappa shape index (κ1) is 120. The second-order valence-corrected chi connectivity index (χ2v) is 32.0. The van der Waals surface area contributed by atoms with E-state index in [1.165, 1.54) is 168 Å². The predicted molar refractivity (Wildman–Crippen MR) is 529 cm³/mol. The summed E-state index contributed by atoms with van der Waals surface area (Å²) in [5.74, 6) is -3.78. The molecule has 0 aliphatic carbocycles. The number of benzene rings is 10. The van der Waals surface area contributed by atoms with Gasteiger partial charge in [-0.2, -0.15) is 35.9 Å². The van der Waals surface area contributed by atoms with E-state index in [0.717, 1.165) is 71.8 Å². The molecule has 0 radical (unpaired) electrons. The molecule has 135 heavy (non-hydrogen) atoms. The van der Waals surface area contributed by atoms with Gasteiger partial charge in [0.15, 0.2) is 57.8 Å². The van der Waals surface area contributed by atoms with E-state index in [-0.39, 0.29) is 137 Å². The number of carbonyl (C=O) groups excluding carboxylic acids is 2. The molecule has 1 heterocycles. The molecule has 1 aliphatic heterocycles. The van der Waals surface area contributed by atoms with Crippen molar-refractivity contribution in [2.75, 3.05) is 67.2 Å². The van der Waals surface area contributed by atoms with Crippen LogP contribution in [0, 0.1) is 35.2 Å². The summed E-state index contributed by atoms with van der Waals surface area (Å²) in [6, 6.07) is 65.1. The molecule has 0 fully saturated rings. The van der Waals surface area contributed by atoms with Gasteiger partial charge in [0.1, 0.15) is 37.1 Å². The molecule has 10 aromatic rings. The third kappa shape index (κ3) is 44.0. The zero-order valence-corrected chi connectivity index (χ0v) is 85.4. The van der Waals surface area contributed by atoms with Crippen molar-refractivity contribution in [3.05, 3.63) is 324 Å². The molecule has 23 heteroatoms. The number of halogens is 7. The molecule has 4 atom stereocenters. The number of hydrogen-bond donors (Lipinski definition) is 2. The smallest absolute Gasteiger partial charge is 1.00 e. The molecule has 4 unspecified atom stereocenters. The Bertz CT molecular complexity index is 4880. The predicted octanol–water partition coefficient (Wildman–Crippen LogP) is 24.7. The summed E-state index contributed by atoms with van der Waals surface area (Å²) >= 11 is 4.64. The Morgan fingerprint density at radius 2 is 0.778 bits per heavy atom. The molecule has 2 N–H and O–H groups in total. The number of esters is 1. The second kappa shape index (κ2) is 71.3. The van der Waals surface area contributed by atoms with Crippen molar-refractivity contribution < 1.29 is 111 Å². The van der Waals surface area contributed by atoms with Crippen molar-refractivity contribution in [2.24, 2.45) is 0 Å². The molecule has 0 saturated heterocycles. The number of aldehydes is 1. The Hall–Kier alpha value is -9.20. The minimum atomic E-state index is -1.33. The van der Waals surface area contributed by atoms with Gasteiger partial charge >= 0.3 is 35.0 Å². The number of fused-ring (bicyclic) bond motifs is 1. The van der Waals surface area contributed by atoms with E-state index in [9.17, 15) is 46.5 Å². The van der Waals surface area contributed by atoms with Crippen LogP contribution in [-0.4, -0.2) is 119 Å². The summed E-state index contributed by atoms with van der Waals surface area (Å²) < 4.78 is 124. The standard InChI is InChI=1S/C24H31FO5.C23H31FO3.C22H25FO3.C21H27FO2.C11H15.C10H11FO2.CH3Cl.BrH.Mg/c1-4-6-7-8-17-9-11-18(12-10-17)21(30-16-28-3)15-19-13-14-20(29-5-2)23(25)22(19)24(26)27;1-4-6-7-8-18-9-12-20(13-10-18)23(27-17-25-3)16-19-11-14-22(26-5-2)21(24)15-19;1-3-5-6-7-15-8-10-16(11-9-15)19-14-17-12-13-18(25-4-2)21(23)20(17)22(24)26-19;1-3-5-6-7-16-8-11-18(12-9-16)20(23)15-17-10-13-21(24-4-2)19(22)14-17;1-2-3-5-8-11-9-6-4-7-10-11;1-2-13-10-4-3-8(5-6-12)7-9(10)11;1-2;;/h9-14,21H,4-8,15-16H2,1-3H3,(H,26,27);9-15,23H,4-8,16-17H2,1-3H3;8-13,19H,3-7,14H2,1-2H3;8-14,20,23H,3-7,15H2,1-2H3;6-7,9-10H,2-3,5,8H2,1H3;3-4,6-7H,2,5H2,1H3;1H3;1H;/q;;;;-1;;;;+2/p-1. The van der Waals surface area contributed by atoms with Crippen LogP contribution in [0.3, 0.4) is 0 Å². The van der Waals surface area contributed by atoms with E-state index in [2.05, 4.69) is 125 Å². The molecular weight excluding hydrogens is 1820 g/mol. The third-order valence-electron chi connectivity index (χ3n) is 21.8. The fourth-order valence-corrected chi connectivity index (χ4v) is 14.8. The molecule has 10 aromatic carbocycles. The number of carboxylic acids is 1. The minimum Gasteiger partial charge on any atom is -1.00 e. The van der Waals surface area contributed by atoms with Crippen LogP contribution in [0.1, 0.15) is 289 Å². The molecule has 15 nitrogen and oxygen atoms in total. The average molecular weight is 1960 g/mol. The SMILES string of the molecule is CCCCCc1cc[c-]cc1.CCCCCc1ccc(C(Cc2ccc(OCC)c(F)c2)OCOC)cc1.CCCCCc1ccc(C(Cc2ccc(OCC)c(F)c2C(=O)O)OCOC)cc1.CCCCCc1ccc(C(O)Cc2ccc(OCC)c(F)c2)cc1.CCCCCc1ccc(C2Cc3ccc(OCC)c(F)c3C(=O)O2)cc1.CCOc1ccc(CC=O)cc1F.CCl.[Br-].[Mg+2]. The Morgan fingerprint density at radius 1 is 0.437 bits per heavy atom. The molecule has 1 aliphatic rings. The van der Waals surface area contributed by atoms with Gasteiger partial charge in [0.25, 0.3) is 0 Å². The van der Waals surface area contributed by atoms with Crippen molar-refractivity contribution in [3.63, 3.8) is 0 Å². The van der Waals surface area contributed by atoms with Crippen LogP contribution in [0.25, 0.3) is 0 Å². The quantitative estimate of drug-likeness (QED) is 0.00536. The maximum atomic E-state index is 14.7. The monoisotopic (exact) mass is 1960 g/mol. The summed E-state index contributed by atoms with van der Waals surface area (Å²) in [7, 11) is 3.12. The van der Waals surface area contributed by atoms with Gasteiger partial charge in [-0.3, -0.25) is 0 Å². The van der Waals surface area contributed by atoms with Gasteiger partial charge in [0.2, 0.25) is 0 Å². The van der Waals surface area contributed by atoms with Crippen LogP contribution in [0.2, 0.25) is 0 Å². The van der Waals surface area contributed by atoms with E-state index < -0.39 is 41.6 Å². The topological polar surface area (TPSA) is 184 Å². The number of aromatic carboxylic acids is 1. The number of aryl methyl sites for hydroxylation is 5. The number of carboxylic acid groups (broad SMARTS) is 1. The fraction of sp³-hybridized carbons (Fsp3) is 0.438. The van der Waals surface area contributed by atoms with Gasteiger partial charge in [0.05, 0.1) is 51.3 Å². The fourth-order valence-electron chi connectivity index (χ4n) is 14.8. The maximum absolute atomic E-state index is 14.7. The van der Waals surface area contributed by atoms with Gasteiger partial charge in [0, 0.05) is 52.7 Å². The molecular formula is C112H143BrClF5MgO15. The summed E-state index contributed by atoms with van der Waals surface area (Å²) in [4.78, 5) is 34.3. The van der Waals surface area contributed by atoms with Crippen LogP contribution in [0.15, 0.2) is 200 Å². The van der Waals surface area contributed by atoms with Crippen LogP contribution >= 0.6 is 11.6 Å². The zero-order valence-electron chi connectivity index (χ0n) is 81.6. The normalized spacial score (nSPS) is 12.1. The van der Waals surface area contributed by atoms with Gasteiger partial charge in [-0.05, 0) is 207 Å². The number of cyclic esters (lactones) is 1. The average Bonchev–Trinajstić information content (AvgIpc) is 0.767. The number of carbonyl (C=O) groups is 3. The molecule has 11 rings (SSSR count). The zero-order chi connectivity index (χ0) is 96.9. The van der Waals surface area contributed by atoms with E-state index >= 15 is 0 Å². The summed E-state index contributed by atoms with van der Waals surface area (Å²) in [6.45, 7) is 22.1. The van der Waals surface area contributed by atoms with Crippen LogP contribution in [0.5, 0.6) is 28.7 Å². The van der Waals surface area contributed by atoms with Gasteiger partial charge < -0.3 is 79.4 Å². The minimum absolute atomic E-state index is 0. The number of hydrogen-bond acceptors (Lipinski definition) is 14. The molecule has 732 valence electrons.